The van der Waals surface area contributed by atoms with Crippen LogP contribution in [-0.4, -0.2) is 78.6 Å². The van der Waals surface area contributed by atoms with Crippen LogP contribution in [0.1, 0.15) is 6.42 Å². The average molecular weight is 633 g/mol. The molecular weight excluding hydrogens is 569 g/mol. The van der Waals surface area contributed by atoms with E-state index in [-0.39, 0.29) is 0 Å². The van der Waals surface area contributed by atoms with Crippen LogP contribution in [0.3, 0.4) is 0 Å². The summed E-state index contributed by atoms with van der Waals surface area (Å²) in [4.78, 5) is 0. The maximum absolute atomic E-state index is 6.63. The summed E-state index contributed by atoms with van der Waals surface area (Å²) in [5.41, 5.74) is 5.52. The van der Waals surface area contributed by atoms with Gasteiger partial charge < -0.3 is 31.6 Å². The van der Waals surface area contributed by atoms with Crippen LogP contribution < -0.4 is 11.1 Å². The maximum atomic E-state index is 6.63. The van der Waals surface area contributed by atoms with E-state index in [2.05, 4.69) is 117 Å². The predicted molar refractivity (Wildman–Crippen MR) is 177 cm³/mol. The van der Waals surface area contributed by atoms with Crippen molar-refractivity contribution in [3.05, 3.63) is 0 Å². The quantitative estimate of drug-likeness (QED) is 0.143. The van der Waals surface area contributed by atoms with Gasteiger partial charge in [-0.2, -0.15) is 0 Å². The summed E-state index contributed by atoms with van der Waals surface area (Å²) in [5, 5.41) is 3.36. The van der Waals surface area contributed by atoms with Gasteiger partial charge in [0.15, 0.2) is 33.3 Å². The van der Waals surface area contributed by atoms with Gasteiger partial charge in [-0.05, 0) is 130 Å². The Balaban J connectivity index is 0. The van der Waals surface area contributed by atoms with E-state index in [9.17, 15) is 0 Å². The Hall–Kier alpha value is 1.24. The lowest BCUT2D eigenvalue weighted by Gasteiger charge is -2.41. The molecule has 1 atom stereocenters. The molecule has 36 heavy (non-hydrogen) atoms. The van der Waals surface area contributed by atoms with Gasteiger partial charge in [-0.15, -0.1) is 0 Å². The summed E-state index contributed by atoms with van der Waals surface area (Å²) >= 11 is 0. The standard InChI is InChI=1S/C14H40N2O3Si4.C8H24O2Si3/c1-20(2,3)17-22(7,8)19-23(9,18-21(4,5)6)14-10-12-16-13-11-15;1-11(2,3)9-13(7,8)10-12(4,5)6/h16H,10-15H2,1-9H3;1-8H3. The van der Waals surface area contributed by atoms with Gasteiger partial charge in [-0.25, -0.2) is 0 Å². The molecule has 0 spiro atoms. The van der Waals surface area contributed by atoms with Crippen LogP contribution in [0.2, 0.25) is 117 Å². The molecule has 0 radical (unpaired) electrons. The third kappa shape index (κ3) is 26.8. The Kier molecular flexibility index (Phi) is 16.7. The van der Waals surface area contributed by atoms with Gasteiger partial charge in [-0.3, -0.25) is 0 Å². The zero-order valence-electron chi connectivity index (χ0n) is 27.2. The highest BCUT2D eigenvalue weighted by molar-refractivity contribution is 6.89. The van der Waals surface area contributed by atoms with Crippen LogP contribution in [0.5, 0.6) is 0 Å². The SMILES string of the molecule is C[Si](C)(C)O[Si](C)(C)O[Si](C)(C)C.C[Si](C)(C)O[Si](C)(C)O[Si](C)(CCCNCCN)O[Si](C)(C)C. The topological polar surface area (TPSA) is 84.2 Å². The Morgan fingerprint density at radius 3 is 1.11 bits per heavy atom. The van der Waals surface area contributed by atoms with E-state index in [1.165, 1.54) is 0 Å². The molecule has 0 aliphatic carbocycles. The predicted octanol–water partition coefficient (Wildman–Crippen LogP) is 6.81. The molecule has 0 aliphatic heterocycles. The smallest absolute Gasteiger partial charge is 0.315 e. The van der Waals surface area contributed by atoms with Crippen LogP contribution in [0.4, 0.5) is 0 Å². The second kappa shape index (κ2) is 15.3. The fraction of sp³-hybridized carbons (Fsp3) is 1.00. The van der Waals surface area contributed by atoms with Crippen molar-refractivity contribution in [3.8, 4) is 0 Å². The molecule has 0 heterocycles. The van der Waals surface area contributed by atoms with Crippen molar-refractivity contribution in [1.29, 1.82) is 0 Å². The Morgan fingerprint density at radius 1 is 0.472 bits per heavy atom. The first-order valence-electron chi connectivity index (χ1n) is 13.5. The molecule has 0 bridgehead atoms. The molecule has 0 amide bonds. The van der Waals surface area contributed by atoms with E-state index in [4.69, 9.17) is 26.3 Å². The van der Waals surface area contributed by atoms with Gasteiger partial charge in [0.2, 0.25) is 0 Å². The fourth-order valence-electron chi connectivity index (χ4n) is 4.31. The van der Waals surface area contributed by atoms with Crippen LogP contribution >= 0.6 is 0 Å². The van der Waals surface area contributed by atoms with Gasteiger partial charge in [0.25, 0.3) is 0 Å². The molecule has 0 aromatic rings. The van der Waals surface area contributed by atoms with Gasteiger partial charge >= 0.3 is 25.7 Å². The Morgan fingerprint density at radius 2 is 0.806 bits per heavy atom. The van der Waals surface area contributed by atoms with Gasteiger partial charge in [0.1, 0.15) is 0 Å². The molecule has 0 rings (SSSR count). The summed E-state index contributed by atoms with van der Waals surface area (Å²) in [7, 11) is -12.4. The molecule has 7 nitrogen and oxygen atoms in total. The fourth-order valence-corrected chi connectivity index (χ4v) is 34.6. The first-order valence-corrected chi connectivity index (χ1v) is 35.3. The largest absolute Gasteiger partial charge is 0.437 e. The number of nitrogens with one attached hydrogen (secondary N) is 1. The molecular formula is C22H64N2O5Si7. The lowest BCUT2D eigenvalue weighted by atomic mass is 10.5. The molecule has 0 aromatic heterocycles. The normalized spacial score (nSPS) is 15.8. The van der Waals surface area contributed by atoms with Crippen molar-refractivity contribution < 1.29 is 20.6 Å². The van der Waals surface area contributed by atoms with Crippen molar-refractivity contribution in [1.82, 2.24) is 5.32 Å². The highest BCUT2D eigenvalue weighted by Gasteiger charge is 2.44. The lowest BCUT2D eigenvalue weighted by Crippen LogP contribution is -2.56. The van der Waals surface area contributed by atoms with Crippen molar-refractivity contribution in [2.75, 3.05) is 19.6 Å². The summed E-state index contributed by atoms with van der Waals surface area (Å²) in [6.45, 7) is 40.1. The summed E-state index contributed by atoms with van der Waals surface area (Å²) in [5.74, 6) is 0. The molecule has 0 aromatic carbocycles. The van der Waals surface area contributed by atoms with Crippen molar-refractivity contribution in [2.24, 2.45) is 5.73 Å². The minimum Gasteiger partial charge on any atom is -0.437 e. The van der Waals surface area contributed by atoms with E-state index in [1.807, 2.05) is 0 Å². The van der Waals surface area contributed by atoms with Gasteiger partial charge in [0, 0.05) is 13.1 Å². The third-order valence-corrected chi connectivity index (χ3v) is 26.3. The van der Waals surface area contributed by atoms with Crippen molar-refractivity contribution in [2.45, 2.75) is 124 Å². The first-order chi connectivity index (χ1) is 15.6. The van der Waals surface area contributed by atoms with E-state index in [0.717, 1.165) is 25.6 Å². The molecule has 3 N–H and O–H groups in total. The minimum atomic E-state index is -2.23. The van der Waals surface area contributed by atoms with Crippen LogP contribution in [-0.2, 0) is 20.6 Å². The first kappa shape index (κ1) is 39.4. The third-order valence-electron chi connectivity index (χ3n) is 3.95. The molecule has 1 unspecified atom stereocenters. The van der Waals surface area contributed by atoms with E-state index < -0.39 is 59.0 Å². The van der Waals surface area contributed by atoms with Crippen LogP contribution in [0.15, 0.2) is 0 Å². The second-order valence-electron chi connectivity index (χ2n) is 14.5. The van der Waals surface area contributed by atoms with E-state index in [0.29, 0.717) is 6.54 Å². The van der Waals surface area contributed by atoms with Crippen molar-refractivity contribution in [3.63, 3.8) is 0 Å². The lowest BCUT2D eigenvalue weighted by molar-refractivity contribution is 0.322. The number of hydrogen-bond donors (Lipinski definition) is 2. The molecule has 0 fully saturated rings. The summed E-state index contributed by atoms with van der Waals surface area (Å²) in [6, 6.07) is 1.00. The van der Waals surface area contributed by atoms with E-state index in [1.54, 1.807) is 0 Å². The zero-order chi connectivity index (χ0) is 29.3. The van der Waals surface area contributed by atoms with Gasteiger partial charge in [-0.1, -0.05) is 0 Å². The molecule has 14 heteroatoms. The monoisotopic (exact) mass is 632 g/mol. The second-order valence-corrected chi connectivity index (χ2v) is 43.9. The summed E-state index contributed by atoms with van der Waals surface area (Å²) < 4.78 is 31.7. The number of nitrogens with two attached hydrogens (primary N) is 1. The highest BCUT2D eigenvalue weighted by Crippen LogP contribution is 2.27. The minimum absolute atomic E-state index is 0.681. The van der Waals surface area contributed by atoms with E-state index >= 15 is 0 Å². The van der Waals surface area contributed by atoms with Gasteiger partial charge in [0.05, 0.1) is 0 Å². The molecule has 0 saturated carbocycles. The Labute approximate surface area is 233 Å². The highest BCUT2D eigenvalue weighted by atomic mass is 28.5. The molecule has 0 saturated heterocycles. The Bertz CT molecular complexity index is 598. The molecule has 0 aliphatic rings. The van der Waals surface area contributed by atoms with Crippen LogP contribution in [0, 0.1) is 0 Å². The average Bonchev–Trinajstić information content (AvgIpc) is 2.44. The zero-order valence-corrected chi connectivity index (χ0v) is 34.2. The molecule has 220 valence electrons. The number of rotatable bonds is 16. The maximum Gasteiger partial charge on any atom is 0.315 e. The van der Waals surface area contributed by atoms with Crippen LogP contribution in [0.25, 0.3) is 0 Å². The van der Waals surface area contributed by atoms with Crippen molar-refractivity contribution >= 4 is 59.0 Å². The summed E-state index contributed by atoms with van der Waals surface area (Å²) in [6.07, 6.45) is 1.06. The number of hydrogen-bond acceptors (Lipinski definition) is 7.